The average Bonchev–Trinajstić information content (AvgIpc) is 3.52. The molecule has 0 saturated carbocycles. The number of nitrogens with zero attached hydrogens (tertiary/aromatic N) is 5. The molecule has 46 heavy (non-hydrogen) atoms. The van der Waals surface area contributed by atoms with Gasteiger partial charge in [0.15, 0.2) is 10.1 Å². The van der Waals surface area contributed by atoms with Gasteiger partial charge in [-0.1, -0.05) is 6.92 Å². The minimum absolute atomic E-state index is 0.0552. The van der Waals surface area contributed by atoms with Crippen LogP contribution in [-0.2, 0) is 45.1 Å². The van der Waals surface area contributed by atoms with E-state index >= 15 is 0 Å². The van der Waals surface area contributed by atoms with Crippen LogP contribution in [0.25, 0.3) is 10.9 Å². The Morgan fingerprint density at radius 3 is 2.15 bits per heavy atom. The van der Waals surface area contributed by atoms with Gasteiger partial charge in [-0.25, -0.2) is 21.8 Å². The van der Waals surface area contributed by atoms with E-state index in [1.165, 1.54) is 20.5 Å². The van der Waals surface area contributed by atoms with Crippen molar-refractivity contribution in [2.24, 2.45) is 13.0 Å². The highest BCUT2D eigenvalue weighted by atomic mass is 32.2. The van der Waals surface area contributed by atoms with Crippen LogP contribution in [-0.4, -0.2) is 81.9 Å². The van der Waals surface area contributed by atoms with Gasteiger partial charge in [0, 0.05) is 48.3 Å². The number of carbonyl (C=O) groups is 2. The maximum absolute atomic E-state index is 13.8. The number of fused-ring (bicyclic) bond motifs is 3. The number of piperidine rings is 1. The van der Waals surface area contributed by atoms with Gasteiger partial charge in [-0.2, -0.15) is 21.6 Å². The molecular formula is C28H36F3N5O8S2. The Morgan fingerprint density at radius 2 is 1.63 bits per heavy atom. The summed E-state index contributed by atoms with van der Waals surface area (Å²) < 4.78 is 96.4. The van der Waals surface area contributed by atoms with Crippen LogP contribution in [0.5, 0.6) is 0 Å². The van der Waals surface area contributed by atoms with Crippen molar-refractivity contribution < 1.29 is 53.5 Å². The molecule has 5 rings (SSSR count). The Kier molecular flexibility index (Phi) is 9.58. The molecule has 2 aliphatic rings. The van der Waals surface area contributed by atoms with E-state index in [2.05, 4.69) is 6.92 Å². The van der Waals surface area contributed by atoms with Crippen molar-refractivity contribution in [1.29, 1.82) is 0 Å². The van der Waals surface area contributed by atoms with Crippen LogP contribution in [0, 0.1) is 5.92 Å². The first kappa shape index (κ1) is 35.2. The molecule has 3 aromatic rings. The molecule has 0 aliphatic carbocycles. The quantitative estimate of drug-likeness (QED) is 0.231. The van der Waals surface area contributed by atoms with Crippen LogP contribution in [0.3, 0.4) is 0 Å². The van der Waals surface area contributed by atoms with E-state index in [0.29, 0.717) is 54.1 Å². The van der Waals surface area contributed by atoms with Crippen molar-refractivity contribution in [3.05, 3.63) is 53.7 Å². The average molecular weight is 692 g/mol. The number of amides is 2. The third-order valence-electron chi connectivity index (χ3n) is 7.60. The van der Waals surface area contributed by atoms with E-state index < -0.39 is 37.5 Å². The van der Waals surface area contributed by atoms with Crippen molar-refractivity contribution in [3.63, 3.8) is 0 Å². The molecule has 1 aromatic carbocycles. The molecule has 1 fully saturated rings. The molecule has 2 aromatic heterocycles. The summed E-state index contributed by atoms with van der Waals surface area (Å²) in [5.41, 5.74) is -3.95. The fourth-order valence-corrected chi connectivity index (χ4v) is 6.80. The number of halogens is 3. The highest BCUT2D eigenvalue weighted by molar-refractivity contribution is 7.88. The molecule has 0 unspecified atom stereocenters. The minimum atomic E-state index is -6.09. The zero-order chi connectivity index (χ0) is 34.4. The molecule has 2 amide bonds. The van der Waals surface area contributed by atoms with Crippen molar-refractivity contribution in [1.82, 2.24) is 17.7 Å². The van der Waals surface area contributed by atoms with Crippen LogP contribution in [0.15, 0.2) is 36.9 Å². The molecule has 0 bridgehead atoms. The summed E-state index contributed by atoms with van der Waals surface area (Å²) in [5.74, 6) is 0.544. The second kappa shape index (κ2) is 12.5. The SMILES string of the molecule is CC1CCN(C(=O)c2ccc3c(c2)c2c(n3S(=O)(=O)n3cc[n+](C)c3)CCN(C(=O)OC(C)(C)C)C2)CC1.O=S(=O)([O-])C(F)(F)F. The van der Waals surface area contributed by atoms with Gasteiger partial charge in [0.25, 0.3) is 12.2 Å². The van der Waals surface area contributed by atoms with Crippen LogP contribution in [0.2, 0.25) is 0 Å². The Labute approximate surface area is 265 Å². The lowest BCUT2D eigenvalue weighted by Gasteiger charge is -2.31. The van der Waals surface area contributed by atoms with E-state index in [0.717, 1.165) is 18.4 Å². The molecule has 254 valence electrons. The normalized spacial score (nSPS) is 16.5. The van der Waals surface area contributed by atoms with Gasteiger partial charge < -0.3 is 19.1 Å². The van der Waals surface area contributed by atoms with Gasteiger partial charge in [0.2, 0.25) is 0 Å². The monoisotopic (exact) mass is 691 g/mol. The van der Waals surface area contributed by atoms with Gasteiger partial charge in [0.05, 0.1) is 19.1 Å². The molecule has 4 heterocycles. The Morgan fingerprint density at radius 1 is 1.02 bits per heavy atom. The predicted octanol–water partition coefficient (Wildman–Crippen LogP) is 3.13. The molecule has 2 aliphatic heterocycles. The number of aryl methyl sites for hydroxylation is 1. The van der Waals surface area contributed by atoms with Crippen molar-refractivity contribution in [2.45, 2.75) is 64.6 Å². The van der Waals surface area contributed by atoms with Gasteiger partial charge in [-0.15, -0.1) is 3.97 Å². The first-order valence-corrected chi connectivity index (χ1v) is 17.2. The number of hydrogen-bond acceptors (Lipinski definition) is 8. The molecular weight excluding hydrogens is 655 g/mol. The smallest absolute Gasteiger partial charge is 0.485 e. The van der Waals surface area contributed by atoms with E-state index in [-0.39, 0.29) is 12.5 Å². The van der Waals surface area contributed by atoms with Crippen LogP contribution in [0.4, 0.5) is 18.0 Å². The standard InChI is InChI=1S/C27H36N5O5S.CHF3O3S/c1-19-8-11-29(12-9-19)25(33)20-6-7-23-21(16-20)22-17-30(26(34)37-27(2,3)4)13-10-24(22)32(23)38(35,36)31-15-14-28(5)18-31;2-1(3,4)8(5,6)7/h6-7,14-16,18-19H,8-13,17H2,1-5H3;(H,5,6,7)/q+1;/p-1. The van der Waals surface area contributed by atoms with E-state index in [1.54, 1.807) is 40.9 Å². The number of likely N-dealkylation sites (tertiary alicyclic amines) is 1. The zero-order valence-corrected chi connectivity index (χ0v) is 27.6. The first-order chi connectivity index (χ1) is 21.1. The predicted molar refractivity (Wildman–Crippen MR) is 158 cm³/mol. The van der Waals surface area contributed by atoms with Gasteiger partial charge in [-0.3, -0.25) is 4.79 Å². The van der Waals surface area contributed by atoms with E-state index in [1.807, 2.05) is 25.7 Å². The maximum Gasteiger partial charge on any atom is 0.485 e. The van der Waals surface area contributed by atoms with Crippen LogP contribution >= 0.6 is 0 Å². The molecule has 0 radical (unpaired) electrons. The Balaban J connectivity index is 0.000000533. The second-order valence-electron chi connectivity index (χ2n) is 12.4. The number of alkyl halides is 3. The van der Waals surface area contributed by atoms with E-state index in [9.17, 15) is 31.2 Å². The molecule has 0 atom stereocenters. The second-order valence-corrected chi connectivity index (χ2v) is 15.4. The highest BCUT2D eigenvalue weighted by Gasteiger charge is 2.37. The molecule has 13 nitrogen and oxygen atoms in total. The first-order valence-electron chi connectivity index (χ1n) is 14.3. The largest absolute Gasteiger partial charge is 0.741 e. The van der Waals surface area contributed by atoms with Gasteiger partial charge >= 0.3 is 21.8 Å². The van der Waals surface area contributed by atoms with Crippen molar-refractivity contribution in [2.75, 3.05) is 19.6 Å². The zero-order valence-electron chi connectivity index (χ0n) is 25.9. The third-order valence-corrected chi connectivity index (χ3v) is 9.79. The minimum Gasteiger partial charge on any atom is -0.741 e. The fraction of sp³-hybridized carbons (Fsp3) is 0.536. The third kappa shape index (κ3) is 7.49. The number of ether oxygens (including phenoxy) is 1. The number of aromatic nitrogens is 3. The summed E-state index contributed by atoms with van der Waals surface area (Å²) in [6.45, 7) is 9.58. The summed E-state index contributed by atoms with van der Waals surface area (Å²) in [7, 11) is -8.32. The van der Waals surface area contributed by atoms with Crippen molar-refractivity contribution in [3.8, 4) is 0 Å². The van der Waals surface area contributed by atoms with Crippen LogP contribution in [0.1, 0.15) is 62.2 Å². The summed E-state index contributed by atoms with van der Waals surface area (Å²) in [6, 6.07) is 5.21. The Bertz CT molecular complexity index is 1850. The maximum atomic E-state index is 13.8. The molecule has 0 spiro atoms. The van der Waals surface area contributed by atoms with E-state index in [4.69, 9.17) is 17.7 Å². The molecule has 1 saturated heterocycles. The van der Waals surface area contributed by atoms with Gasteiger partial charge in [0.1, 0.15) is 18.0 Å². The summed E-state index contributed by atoms with van der Waals surface area (Å²) in [4.78, 5) is 29.8. The summed E-state index contributed by atoms with van der Waals surface area (Å²) in [6.07, 6.45) is 6.49. The van der Waals surface area contributed by atoms with Gasteiger partial charge in [-0.05, 0) is 57.7 Å². The van der Waals surface area contributed by atoms with Crippen molar-refractivity contribution >= 4 is 43.2 Å². The number of hydrogen-bond donors (Lipinski definition) is 0. The number of imidazole rings is 1. The lowest BCUT2D eigenvalue weighted by atomic mass is 9.98. The molecule has 0 N–H and O–H groups in total. The van der Waals surface area contributed by atoms with Crippen LogP contribution < -0.4 is 4.57 Å². The lowest BCUT2D eigenvalue weighted by Crippen LogP contribution is -2.40. The number of carbonyl (C=O) groups excluding carboxylic acids is 2. The number of benzene rings is 1. The lowest BCUT2D eigenvalue weighted by molar-refractivity contribution is -0.670. The summed E-state index contributed by atoms with van der Waals surface area (Å²) in [5, 5.41) is 0.657. The molecule has 18 heteroatoms. The summed E-state index contributed by atoms with van der Waals surface area (Å²) >= 11 is 0. The topological polar surface area (TPSA) is 155 Å². The Hall–Kier alpha value is -3.64. The highest BCUT2D eigenvalue weighted by Crippen LogP contribution is 2.34. The fourth-order valence-electron chi connectivity index (χ4n) is 5.25. The number of rotatable bonds is 3.